The second kappa shape index (κ2) is 4.82. The van der Waals surface area contributed by atoms with Crippen LogP contribution in [0.5, 0.6) is 0 Å². The Kier molecular flexibility index (Phi) is 3.54. The molecular formula is C13H17NO3S. The largest absolute Gasteiger partial charge is 0.324 e. The van der Waals surface area contributed by atoms with Gasteiger partial charge in [0.1, 0.15) is 5.78 Å². The molecule has 18 heavy (non-hydrogen) atoms. The van der Waals surface area contributed by atoms with E-state index in [-0.39, 0.29) is 24.0 Å². The molecule has 0 saturated carbocycles. The Morgan fingerprint density at radius 3 is 2.83 bits per heavy atom. The fourth-order valence-corrected chi connectivity index (χ4v) is 3.90. The number of nitrogens with two attached hydrogens (primary N) is 1. The van der Waals surface area contributed by atoms with Crippen LogP contribution in [0.4, 0.5) is 0 Å². The van der Waals surface area contributed by atoms with Gasteiger partial charge in [-0.25, -0.2) is 8.42 Å². The molecular weight excluding hydrogens is 250 g/mol. The first-order valence-electron chi connectivity index (χ1n) is 6.01. The SMILES string of the molecule is CC(=O)CC(N)c1ccc2c(c1)CCCS2(=O)=O. The van der Waals surface area contributed by atoms with Crippen molar-refractivity contribution in [1.82, 2.24) is 0 Å². The molecule has 2 rings (SSSR count). The predicted octanol–water partition coefficient (Wildman–Crippen LogP) is 1.39. The van der Waals surface area contributed by atoms with Crippen molar-refractivity contribution >= 4 is 15.6 Å². The normalized spacial score (nSPS) is 19.0. The summed E-state index contributed by atoms with van der Waals surface area (Å²) in [5.74, 6) is 0.256. The first-order chi connectivity index (χ1) is 8.40. The van der Waals surface area contributed by atoms with Crippen molar-refractivity contribution in [2.75, 3.05) is 5.75 Å². The van der Waals surface area contributed by atoms with E-state index in [9.17, 15) is 13.2 Å². The van der Waals surface area contributed by atoms with Gasteiger partial charge in [-0.1, -0.05) is 12.1 Å². The Bertz CT molecular complexity index is 578. The number of hydrogen-bond acceptors (Lipinski definition) is 4. The lowest BCUT2D eigenvalue weighted by Gasteiger charge is -2.19. The number of benzene rings is 1. The quantitative estimate of drug-likeness (QED) is 0.897. The van der Waals surface area contributed by atoms with Gasteiger partial charge in [0.15, 0.2) is 9.84 Å². The van der Waals surface area contributed by atoms with Gasteiger partial charge in [0.05, 0.1) is 10.6 Å². The molecule has 0 bridgehead atoms. The Labute approximate surface area is 107 Å². The summed E-state index contributed by atoms with van der Waals surface area (Å²) in [5, 5.41) is 0. The van der Waals surface area contributed by atoms with E-state index in [0.29, 0.717) is 11.3 Å². The minimum Gasteiger partial charge on any atom is -0.324 e. The molecule has 1 aliphatic heterocycles. The highest BCUT2D eigenvalue weighted by Crippen LogP contribution is 2.28. The highest BCUT2D eigenvalue weighted by molar-refractivity contribution is 7.91. The molecule has 2 N–H and O–H groups in total. The number of fused-ring (bicyclic) bond motifs is 1. The van der Waals surface area contributed by atoms with Crippen LogP contribution in [-0.4, -0.2) is 20.0 Å². The summed E-state index contributed by atoms with van der Waals surface area (Å²) < 4.78 is 23.7. The third-order valence-corrected chi connectivity index (χ3v) is 5.11. The molecule has 0 spiro atoms. The van der Waals surface area contributed by atoms with E-state index in [0.717, 1.165) is 17.5 Å². The Balaban J connectivity index is 2.36. The monoisotopic (exact) mass is 267 g/mol. The second-order valence-electron chi connectivity index (χ2n) is 4.80. The Hall–Kier alpha value is -1.20. The van der Waals surface area contributed by atoms with Gasteiger partial charge in [-0.2, -0.15) is 0 Å². The minimum atomic E-state index is -3.12. The van der Waals surface area contributed by atoms with Crippen LogP contribution in [0.2, 0.25) is 0 Å². The first kappa shape index (κ1) is 13.2. The van der Waals surface area contributed by atoms with Gasteiger partial charge in [-0.15, -0.1) is 0 Å². The maximum atomic E-state index is 11.8. The van der Waals surface area contributed by atoms with Crippen molar-refractivity contribution in [3.8, 4) is 0 Å². The lowest BCUT2D eigenvalue weighted by molar-refractivity contribution is -0.117. The summed E-state index contributed by atoms with van der Waals surface area (Å²) in [4.78, 5) is 11.5. The van der Waals surface area contributed by atoms with E-state index in [4.69, 9.17) is 5.73 Å². The molecule has 1 atom stereocenters. The van der Waals surface area contributed by atoms with E-state index in [1.54, 1.807) is 12.1 Å². The van der Waals surface area contributed by atoms with Gasteiger partial charge in [-0.05, 0) is 37.0 Å². The summed E-state index contributed by atoms with van der Waals surface area (Å²) in [6, 6.07) is 4.83. The number of sulfone groups is 1. The molecule has 0 saturated heterocycles. The van der Waals surface area contributed by atoms with Crippen molar-refractivity contribution < 1.29 is 13.2 Å². The highest BCUT2D eigenvalue weighted by atomic mass is 32.2. The topological polar surface area (TPSA) is 77.2 Å². The first-order valence-corrected chi connectivity index (χ1v) is 7.66. The predicted molar refractivity (Wildman–Crippen MR) is 69.0 cm³/mol. The van der Waals surface area contributed by atoms with Crippen molar-refractivity contribution in [2.45, 2.75) is 37.1 Å². The number of hydrogen-bond donors (Lipinski definition) is 1. The molecule has 4 nitrogen and oxygen atoms in total. The van der Waals surface area contributed by atoms with Gasteiger partial charge in [0.25, 0.3) is 0 Å². The fraction of sp³-hybridized carbons (Fsp3) is 0.462. The number of rotatable bonds is 3. The molecule has 0 amide bonds. The van der Waals surface area contributed by atoms with Crippen molar-refractivity contribution in [2.24, 2.45) is 5.73 Å². The molecule has 1 aromatic carbocycles. The average molecular weight is 267 g/mol. The second-order valence-corrected chi connectivity index (χ2v) is 6.88. The van der Waals surface area contributed by atoms with Crippen LogP contribution >= 0.6 is 0 Å². The van der Waals surface area contributed by atoms with Crippen molar-refractivity contribution in [1.29, 1.82) is 0 Å². The van der Waals surface area contributed by atoms with Gasteiger partial charge < -0.3 is 5.73 Å². The summed E-state index contributed by atoms with van der Waals surface area (Å²) in [6.07, 6.45) is 1.70. The summed E-state index contributed by atoms with van der Waals surface area (Å²) in [6.45, 7) is 1.50. The number of aryl methyl sites for hydroxylation is 1. The molecule has 1 unspecified atom stereocenters. The lowest BCUT2D eigenvalue weighted by atomic mass is 9.99. The molecule has 1 aromatic rings. The molecule has 1 heterocycles. The Morgan fingerprint density at radius 2 is 2.17 bits per heavy atom. The highest BCUT2D eigenvalue weighted by Gasteiger charge is 2.24. The fourth-order valence-electron chi connectivity index (χ4n) is 2.32. The van der Waals surface area contributed by atoms with E-state index in [1.165, 1.54) is 6.92 Å². The Morgan fingerprint density at radius 1 is 1.44 bits per heavy atom. The van der Waals surface area contributed by atoms with Crippen LogP contribution in [-0.2, 0) is 21.1 Å². The van der Waals surface area contributed by atoms with Gasteiger partial charge in [0, 0.05) is 12.5 Å². The number of carbonyl (C=O) groups excluding carboxylic acids is 1. The van der Waals surface area contributed by atoms with E-state index in [1.807, 2.05) is 6.07 Å². The zero-order valence-electron chi connectivity index (χ0n) is 10.3. The standard InChI is InChI=1S/C13H17NO3S/c1-9(15)7-12(14)10-4-5-13-11(8-10)3-2-6-18(13,16)17/h4-5,8,12H,2-3,6-7,14H2,1H3. The van der Waals surface area contributed by atoms with Crippen LogP contribution < -0.4 is 5.73 Å². The van der Waals surface area contributed by atoms with Crippen LogP contribution in [0.1, 0.15) is 36.9 Å². The summed E-state index contributed by atoms with van der Waals surface area (Å²) in [7, 11) is -3.12. The number of carbonyl (C=O) groups is 1. The number of Topliss-reactive ketones (excluding diaryl/α,β-unsaturated/α-hetero) is 1. The maximum Gasteiger partial charge on any atom is 0.178 e. The molecule has 98 valence electrons. The third kappa shape index (κ3) is 2.62. The van der Waals surface area contributed by atoms with Crippen molar-refractivity contribution in [3.63, 3.8) is 0 Å². The van der Waals surface area contributed by atoms with Gasteiger partial charge in [0.2, 0.25) is 0 Å². The number of ketones is 1. The van der Waals surface area contributed by atoms with Crippen LogP contribution in [0.15, 0.2) is 23.1 Å². The van der Waals surface area contributed by atoms with Crippen molar-refractivity contribution in [3.05, 3.63) is 29.3 Å². The third-order valence-electron chi connectivity index (χ3n) is 3.21. The molecule has 0 radical (unpaired) electrons. The summed E-state index contributed by atoms with van der Waals surface area (Å²) in [5.41, 5.74) is 7.59. The lowest BCUT2D eigenvalue weighted by Crippen LogP contribution is -2.18. The van der Waals surface area contributed by atoms with E-state index < -0.39 is 9.84 Å². The average Bonchev–Trinajstić information content (AvgIpc) is 2.27. The van der Waals surface area contributed by atoms with E-state index >= 15 is 0 Å². The molecule has 0 aromatic heterocycles. The smallest absolute Gasteiger partial charge is 0.178 e. The minimum absolute atomic E-state index is 0.0350. The molecule has 5 heteroatoms. The van der Waals surface area contributed by atoms with Crippen LogP contribution in [0.25, 0.3) is 0 Å². The van der Waals surface area contributed by atoms with Crippen LogP contribution in [0, 0.1) is 0 Å². The van der Waals surface area contributed by atoms with Gasteiger partial charge in [-0.3, -0.25) is 4.79 Å². The van der Waals surface area contributed by atoms with E-state index in [2.05, 4.69) is 0 Å². The zero-order valence-corrected chi connectivity index (χ0v) is 11.2. The molecule has 0 aliphatic carbocycles. The molecule has 0 fully saturated rings. The summed E-state index contributed by atoms with van der Waals surface area (Å²) >= 11 is 0. The van der Waals surface area contributed by atoms with Crippen LogP contribution in [0.3, 0.4) is 0 Å². The maximum absolute atomic E-state index is 11.8. The zero-order chi connectivity index (χ0) is 13.3. The van der Waals surface area contributed by atoms with Gasteiger partial charge >= 0.3 is 0 Å². The molecule has 1 aliphatic rings.